The van der Waals surface area contributed by atoms with Crippen molar-refractivity contribution in [1.29, 1.82) is 0 Å². The molecule has 1 unspecified atom stereocenters. The quantitative estimate of drug-likeness (QED) is 0.615. The largest absolute Gasteiger partial charge is 0.504 e. The van der Waals surface area contributed by atoms with Gasteiger partial charge in [-0.2, -0.15) is 0 Å². The van der Waals surface area contributed by atoms with E-state index in [0.29, 0.717) is 12.2 Å². The Morgan fingerprint density at radius 1 is 1.29 bits per heavy atom. The standard InChI is InChI=1S/C18H23NO5/c20-12-13-5-10-23-15-11-14(21)18(17(22)16(13)15)24-9-4-8-19-6-2-1-3-7-19/h5,10-13,21-22H,1-4,6-9H2. The van der Waals surface area contributed by atoms with Gasteiger partial charge < -0.3 is 29.4 Å². The second kappa shape index (κ2) is 7.57. The van der Waals surface area contributed by atoms with Gasteiger partial charge in [0, 0.05) is 12.6 Å². The Hall–Kier alpha value is -2.21. The van der Waals surface area contributed by atoms with Crippen molar-refractivity contribution in [3.8, 4) is 23.0 Å². The van der Waals surface area contributed by atoms with Crippen LogP contribution in [0.5, 0.6) is 23.0 Å². The average molecular weight is 333 g/mol. The highest BCUT2D eigenvalue weighted by Crippen LogP contribution is 2.48. The maximum Gasteiger partial charge on any atom is 0.203 e. The third-order valence-electron chi connectivity index (χ3n) is 4.51. The van der Waals surface area contributed by atoms with Gasteiger partial charge in [0.25, 0.3) is 0 Å². The summed E-state index contributed by atoms with van der Waals surface area (Å²) in [6, 6.07) is 1.37. The van der Waals surface area contributed by atoms with E-state index in [4.69, 9.17) is 9.47 Å². The van der Waals surface area contributed by atoms with Crippen molar-refractivity contribution in [1.82, 2.24) is 4.90 Å². The Morgan fingerprint density at radius 3 is 2.83 bits per heavy atom. The Labute approximate surface area is 141 Å². The molecule has 1 aromatic rings. The number of phenolic OH excluding ortho intramolecular Hbond substituents is 2. The van der Waals surface area contributed by atoms with Gasteiger partial charge in [0.15, 0.2) is 11.5 Å². The molecule has 0 bridgehead atoms. The molecule has 6 nitrogen and oxygen atoms in total. The van der Waals surface area contributed by atoms with Gasteiger partial charge in [-0.05, 0) is 38.4 Å². The fourth-order valence-electron chi connectivity index (χ4n) is 3.24. The number of piperidine rings is 1. The van der Waals surface area contributed by atoms with Crippen LogP contribution in [0.15, 0.2) is 18.4 Å². The fourth-order valence-corrected chi connectivity index (χ4v) is 3.24. The van der Waals surface area contributed by atoms with Crippen LogP contribution in [0.1, 0.15) is 37.2 Å². The lowest BCUT2D eigenvalue weighted by Crippen LogP contribution is -2.31. The van der Waals surface area contributed by atoms with Crippen LogP contribution in [0, 0.1) is 0 Å². The van der Waals surface area contributed by atoms with Gasteiger partial charge >= 0.3 is 0 Å². The molecule has 2 aliphatic heterocycles. The number of aromatic hydroxyl groups is 2. The van der Waals surface area contributed by atoms with Gasteiger partial charge in [-0.1, -0.05) is 6.42 Å². The average Bonchev–Trinajstić information content (AvgIpc) is 2.61. The predicted molar refractivity (Wildman–Crippen MR) is 88.7 cm³/mol. The monoisotopic (exact) mass is 333 g/mol. The first-order valence-electron chi connectivity index (χ1n) is 8.43. The number of rotatable bonds is 6. The molecule has 24 heavy (non-hydrogen) atoms. The maximum absolute atomic E-state index is 11.2. The van der Waals surface area contributed by atoms with Crippen molar-refractivity contribution in [3.63, 3.8) is 0 Å². The first-order valence-corrected chi connectivity index (χ1v) is 8.43. The molecule has 2 N–H and O–H groups in total. The molecule has 130 valence electrons. The van der Waals surface area contributed by atoms with Crippen LogP contribution >= 0.6 is 0 Å². The predicted octanol–water partition coefficient (Wildman–Crippen LogP) is 2.54. The smallest absolute Gasteiger partial charge is 0.203 e. The number of benzene rings is 1. The van der Waals surface area contributed by atoms with Crippen molar-refractivity contribution in [3.05, 3.63) is 24.0 Å². The van der Waals surface area contributed by atoms with E-state index in [1.807, 2.05) is 0 Å². The van der Waals surface area contributed by atoms with E-state index >= 15 is 0 Å². The molecule has 0 aliphatic carbocycles. The van der Waals surface area contributed by atoms with E-state index in [1.165, 1.54) is 31.6 Å². The van der Waals surface area contributed by atoms with Crippen molar-refractivity contribution < 1.29 is 24.5 Å². The number of hydrogen-bond donors (Lipinski definition) is 2. The zero-order chi connectivity index (χ0) is 16.9. The van der Waals surface area contributed by atoms with E-state index in [9.17, 15) is 15.0 Å². The molecule has 3 rings (SSSR count). The molecule has 0 aromatic heterocycles. The lowest BCUT2D eigenvalue weighted by Gasteiger charge is -2.26. The topological polar surface area (TPSA) is 79.2 Å². The number of aldehydes is 1. The molecule has 2 heterocycles. The van der Waals surface area contributed by atoms with Gasteiger partial charge in [0.1, 0.15) is 12.0 Å². The molecular formula is C18H23NO5. The number of likely N-dealkylation sites (tertiary alicyclic amines) is 1. The molecule has 0 saturated carbocycles. The van der Waals surface area contributed by atoms with Gasteiger partial charge in [-0.15, -0.1) is 0 Å². The van der Waals surface area contributed by atoms with Crippen LogP contribution in [0.3, 0.4) is 0 Å². The molecule has 6 heteroatoms. The minimum Gasteiger partial charge on any atom is -0.504 e. The van der Waals surface area contributed by atoms with Crippen LogP contribution in [-0.4, -0.2) is 47.6 Å². The third kappa shape index (κ3) is 3.48. The summed E-state index contributed by atoms with van der Waals surface area (Å²) >= 11 is 0. The highest BCUT2D eigenvalue weighted by molar-refractivity contribution is 5.74. The molecular weight excluding hydrogens is 310 g/mol. The lowest BCUT2D eigenvalue weighted by molar-refractivity contribution is -0.108. The number of nitrogens with zero attached hydrogens (tertiary/aromatic N) is 1. The number of carbonyl (C=O) groups is 1. The summed E-state index contributed by atoms with van der Waals surface area (Å²) in [5, 5.41) is 20.5. The number of allylic oxidation sites excluding steroid dienone is 1. The first-order chi connectivity index (χ1) is 11.7. The Kier molecular flexibility index (Phi) is 5.25. The number of fused-ring (bicyclic) bond motifs is 1. The SMILES string of the molecule is O=CC1C=COc2cc(O)c(OCCCN3CCCCC3)c(O)c21. The summed E-state index contributed by atoms with van der Waals surface area (Å²) < 4.78 is 10.9. The van der Waals surface area contributed by atoms with Crippen LogP contribution < -0.4 is 9.47 Å². The molecule has 0 spiro atoms. The van der Waals surface area contributed by atoms with Crippen LogP contribution in [-0.2, 0) is 4.79 Å². The van der Waals surface area contributed by atoms with E-state index in [2.05, 4.69) is 4.90 Å². The maximum atomic E-state index is 11.2. The molecule has 0 radical (unpaired) electrons. The van der Waals surface area contributed by atoms with E-state index in [1.54, 1.807) is 6.08 Å². The second-order valence-electron chi connectivity index (χ2n) is 6.20. The summed E-state index contributed by atoms with van der Waals surface area (Å²) in [5.74, 6) is -0.748. The minimum atomic E-state index is -0.606. The van der Waals surface area contributed by atoms with E-state index in [0.717, 1.165) is 32.3 Å². The van der Waals surface area contributed by atoms with E-state index in [-0.39, 0.29) is 23.0 Å². The molecule has 1 aromatic carbocycles. The zero-order valence-corrected chi connectivity index (χ0v) is 13.6. The normalized spacial score (nSPS) is 20.2. The zero-order valence-electron chi connectivity index (χ0n) is 13.6. The van der Waals surface area contributed by atoms with Crippen LogP contribution in [0.4, 0.5) is 0 Å². The highest BCUT2D eigenvalue weighted by atomic mass is 16.5. The van der Waals surface area contributed by atoms with E-state index < -0.39 is 5.92 Å². The second-order valence-corrected chi connectivity index (χ2v) is 6.20. The van der Waals surface area contributed by atoms with Gasteiger partial charge in [-0.3, -0.25) is 0 Å². The minimum absolute atomic E-state index is 0.0122. The van der Waals surface area contributed by atoms with Crippen molar-refractivity contribution in [2.75, 3.05) is 26.2 Å². The van der Waals surface area contributed by atoms with Crippen molar-refractivity contribution in [2.45, 2.75) is 31.6 Å². The Morgan fingerprint density at radius 2 is 2.08 bits per heavy atom. The van der Waals surface area contributed by atoms with Crippen molar-refractivity contribution >= 4 is 6.29 Å². The summed E-state index contributed by atoms with van der Waals surface area (Å²) in [5.41, 5.74) is 0.330. The lowest BCUT2D eigenvalue weighted by atomic mass is 9.96. The summed E-state index contributed by atoms with van der Waals surface area (Å²) in [6.07, 6.45) is 8.24. The number of hydrogen-bond acceptors (Lipinski definition) is 6. The van der Waals surface area contributed by atoms with Crippen LogP contribution in [0.25, 0.3) is 0 Å². The van der Waals surface area contributed by atoms with Gasteiger partial charge in [0.2, 0.25) is 5.75 Å². The third-order valence-corrected chi connectivity index (χ3v) is 4.51. The highest BCUT2D eigenvalue weighted by Gasteiger charge is 2.27. The molecule has 0 amide bonds. The van der Waals surface area contributed by atoms with Crippen LogP contribution in [0.2, 0.25) is 0 Å². The summed E-state index contributed by atoms with van der Waals surface area (Å²) in [6.45, 7) is 3.58. The van der Waals surface area contributed by atoms with Crippen molar-refractivity contribution in [2.24, 2.45) is 0 Å². The number of phenols is 2. The van der Waals surface area contributed by atoms with Gasteiger partial charge in [0.05, 0.1) is 24.4 Å². The molecule has 2 aliphatic rings. The Bertz CT molecular complexity index is 622. The molecule has 1 fully saturated rings. The summed E-state index contributed by atoms with van der Waals surface area (Å²) in [7, 11) is 0. The fraction of sp³-hybridized carbons (Fsp3) is 0.500. The first kappa shape index (κ1) is 16.6. The Balaban J connectivity index is 1.64. The summed E-state index contributed by atoms with van der Waals surface area (Å²) in [4.78, 5) is 13.6. The number of ether oxygens (including phenoxy) is 2. The molecule has 1 saturated heterocycles. The van der Waals surface area contributed by atoms with Gasteiger partial charge in [-0.25, -0.2) is 0 Å². The molecule has 1 atom stereocenters. The number of carbonyl (C=O) groups excluding carboxylic acids is 1.